The van der Waals surface area contributed by atoms with Gasteiger partial charge in [0.05, 0.1) is 19.3 Å². The van der Waals surface area contributed by atoms with E-state index in [0.29, 0.717) is 0 Å². The fraction of sp³-hybridized carbons (Fsp3) is 0.733. The Balaban J connectivity index is 2.15. The van der Waals surface area contributed by atoms with Gasteiger partial charge >= 0.3 is 5.69 Å². The molecule has 0 aliphatic carbocycles. The van der Waals surface area contributed by atoms with Crippen molar-refractivity contribution in [3.63, 3.8) is 0 Å². The van der Waals surface area contributed by atoms with E-state index in [1.54, 1.807) is 0 Å². The lowest BCUT2D eigenvalue weighted by Crippen LogP contribution is -2.64. The first-order chi connectivity index (χ1) is 12.2. The summed E-state index contributed by atoms with van der Waals surface area (Å²) in [6, 6.07) is 0. The van der Waals surface area contributed by atoms with Crippen LogP contribution in [0.1, 0.15) is 12.0 Å². The van der Waals surface area contributed by atoms with E-state index in [2.05, 4.69) is 4.98 Å². The van der Waals surface area contributed by atoms with E-state index >= 15 is 0 Å². The van der Waals surface area contributed by atoms with E-state index < -0.39 is 60.2 Å². The van der Waals surface area contributed by atoms with Crippen LogP contribution >= 0.6 is 0 Å². The lowest BCUT2D eigenvalue weighted by molar-refractivity contribution is -0.271. The maximum atomic E-state index is 12.4. The van der Waals surface area contributed by atoms with Crippen molar-refractivity contribution in [1.82, 2.24) is 9.55 Å². The van der Waals surface area contributed by atoms with Gasteiger partial charge in [-0.25, -0.2) is 4.79 Å². The number of aryl methyl sites for hydroxylation is 1. The Hall–Kier alpha value is -1.60. The first-order valence-electron chi connectivity index (χ1n) is 8.17. The summed E-state index contributed by atoms with van der Waals surface area (Å²) in [6.07, 6.45) is -7.24. The average Bonchev–Trinajstić information content (AvgIpc) is 2.93. The molecule has 1 aromatic rings. The largest absolute Gasteiger partial charge is 0.394 e. The molecule has 146 valence electrons. The van der Waals surface area contributed by atoms with Crippen LogP contribution in [0.2, 0.25) is 0 Å². The van der Waals surface area contributed by atoms with Crippen molar-refractivity contribution >= 4 is 0 Å². The predicted molar refractivity (Wildman–Crippen MR) is 84.4 cm³/mol. The summed E-state index contributed by atoms with van der Waals surface area (Å²) in [5.74, 6) is 0. The van der Waals surface area contributed by atoms with Crippen LogP contribution in [0, 0.1) is 6.92 Å². The van der Waals surface area contributed by atoms with Crippen LogP contribution < -0.4 is 11.2 Å². The van der Waals surface area contributed by atoms with Gasteiger partial charge in [0.2, 0.25) is 0 Å². The molecule has 6 N–H and O–H groups in total. The van der Waals surface area contributed by atoms with Gasteiger partial charge in [0.25, 0.3) is 5.56 Å². The maximum absolute atomic E-state index is 12.4. The SMILES string of the molecule is Cc1cn([C@@]2([C@@H]3OC[C@@H](O)[C@@H](O)[C@@H]3O)C[C@H](O)[C@@H](CO)O2)c(=O)[nH]c1=O. The molecule has 1 aromatic heterocycles. The highest BCUT2D eigenvalue weighted by molar-refractivity contribution is 5.08. The highest BCUT2D eigenvalue weighted by Crippen LogP contribution is 2.41. The Morgan fingerprint density at radius 1 is 1.23 bits per heavy atom. The van der Waals surface area contributed by atoms with E-state index in [1.165, 1.54) is 13.1 Å². The molecule has 3 rings (SSSR count). The Kier molecular flexibility index (Phi) is 5.05. The number of nitrogens with zero attached hydrogens (tertiary/aromatic N) is 1. The number of rotatable bonds is 3. The molecule has 2 saturated heterocycles. The smallest absolute Gasteiger partial charge is 0.330 e. The summed E-state index contributed by atoms with van der Waals surface area (Å²) in [5.41, 5.74) is -3.12. The molecular weight excluding hydrogens is 352 g/mol. The molecule has 0 spiro atoms. The molecule has 11 heteroatoms. The number of ether oxygens (including phenoxy) is 2. The second-order valence-electron chi connectivity index (χ2n) is 6.70. The fourth-order valence-corrected chi connectivity index (χ4v) is 3.51. The number of nitrogens with one attached hydrogen (secondary N) is 1. The van der Waals surface area contributed by atoms with Crippen molar-refractivity contribution in [3.05, 3.63) is 32.6 Å². The monoisotopic (exact) mass is 374 g/mol. The van der Waals surface area contributed by atoms with Gasteiger partial charge in [0.15, 0.2) is 5.72 Å². The molecule has 0 unspecified atom stereocenters. The summed E-state index contributed by atoms with van der Waals surface area (Å²) in [4.78, 5) is 26.2. The van der Waals surface area contributed by atoms with Crippen molar-refractivity contribution in [2.45, 2.75) is 55.7 Å². The molecule has 2 fully saturated rings. The van der Waals surface area contributed by atoms with Crippen LogP contribution in [-0.4, -0.2) is 84.9 Å². The first-order valence-corrected chi connectivity index (χ1v) is 8.17. The van der Waals surface area contributed by atoms with E-state index in [-0.39, 0.29) is 18.6 Å². The van der Waals surface area contributed by atoms with Gasteiger partial charge in [-0.1, -0.05) is 0 Å². The third kappa shape index (κ3) is 2.91. The quantitative estimate of drug-likeness (QED) is 0.309. The topological polar surface area (TPSA) is 174 Å². The Morgan fingerprint density at radius 2 is 1.92 bits per heavy atom. The van der Waals surface area contributed by atoms with Crippen molar-refractivity contribution in [3.8, 4) is 0 Å². The fourth-order valence-electron chi connectivity index (χ4n) is 3.51. The van der Waals surface area contributed by atoms with Crippen LogP contribution in [0.3, 0.4) is 0 Å². The molecule has 2 aliphatic heterocycles. The minimum atomic E-state index is -1.81. The highest BCUT2D eigenvalue weighted by Gasteiger charge is 2.58. The van der Waals surface area contributed by atoms with Gasteiger partial charge in [0, 0.05) is 18.2 Å². The third-order valence-corrected chi connectivity index (χ3v) is 4.94. The van der Waals surface area contributed by atoms with Crippen molar-refractivity contribution in [1.29, 1.82) is 0 Å². The Labute approximate surface area is 147 Å². The Morgan fingerprint density at radius 3 is 2.54 bits per heavy atom. The van der Waals surface area contributed by atoms with Gasteiger partial charge in [-0.15, -0.1) is 0 Å². The standard InChI is InChI=1S/C15H22N2O9/c1-6-3-17(14(24)16-13(6)23)15(2-7(19)9(4-18)26-15)12-11(22)10(21)8(20)5-25-12/h3,7-12,18-22H,2,4-5H2,1H3,(H,16,23,24)/t7-,8+,9+,10+,11-,12+,15-/m0/s1. The number of aromatic nitrogens is 2. The minimum Gasteiger partial charge on any atom is -0.394 e. The molecular formula is C15H22N2O9. The molecule has 26 heavy (non-hydrogen) atoms. The molecule has 11 nitrogen and oxygen atoms in total. The van der Waals surface area contributed by atoms with Crippen LogP contribution in [0.4, 0.5) is 0 Å². The molecule has 2 aliphatic rings. The van der Waals surface area contributed by atoms with Crippen LogP contribution in [-0.2, 0) is 15.2 Å². The molecule has 0 aromatic carbocycles. The van der Waals surface area contributed by atoms with E-state index in [9.17, 15) is 35.1 Å². The summed E-state index contributed by atoms with van der Waals surface area (Å²) in [5, 5.41) is 49.7. The van der Waals surface area contributed by atoms with Gasteiger partial charge in [-0.2, -0.15) is 0 Å². The zero-order valence-corrected chi connectivity index (χ0v) is 14.0. The second-order valence-corrected chi connectivity index (χ2v) is 6.70. The molecule has 0 bridgehead atoms. The van der Waals surface area contributed by atoms with Gasteiger partial charge in [-0.05, 0) is 6.92 Å². The van der Waals surface area contributed by atoms with Crippen molar-refractivity contribution in [2.24, 2.45) is 0 Å². The summed E-state index contributed by atoms with van der Waals surface area (Å²) in [7, 11) is 0. The third-order valence-electron chi connectivity index (χ3n) is 4.94. The van der Waals surface area contributed by atoms with Gasteiger partial charge in [0.1, 0.15) is 30.5 Å². The molecule has 0 radical (unpaired) electrons. The summed E-state index contributed by atoms with van der Waals surface area (Å²) in [6.45, 7) is 0.549. The lowest BCUT2D eigenvalue weighted by Gasteiger charge is -2.45. The number of aromatic amines is 1. The molecule has 3 heterocycles. The zero-order chi connectivity index (χ0) is 19.2. The second kappa shape index (κ2) is 6.85. The predicted octanol–water partition coefficient (Wildman–Crippen LogP) is -3.88. The van der Waals surface area contributed by atoms with Gasteiger partial charge < -0.3 is 35.0 Å². The highest BCUT2D eigenvalue weighted by atomic mass is 16.6. The average molecular weight is 374 g/mol. The number of hydrogen-bond acceptors (Lipinski definition) is 9. The summed E-state index contributed by atoms with van der Waals surface area (Å²) >= 11 is 0. The summed E-state index contributed by atoms with van der Waals surface area (Å²) < 4.78 is 12.2. The number of aliphatic hydroxyl groups is 5. The van der Waals surface area contributed by atoms with Crippen molar-refractivity contribution in [2.75, 3.05) is 13.2 Å². The van der Waals surface area contributed by atoms with Crippen LogP contribution in [0.25, 0.3) is 0 Å². The molecule has 7 atom stereocenters. The number of hydrogen-bond donors (Lipinski definition) is 6. The minimum absolute atomic E-state index is 0.167. The normalized spacial score (nSPS) is 40.7. The zero-order valence-electron chi connectivity index (χ0n) is 14.0. The van der Waals surface area contributed by atoms with Crippen LogP contribution in [0.5, 0.6) is 0 Å². The van der Waals surface area contributed by atoms with E-state index in [0.717, 1.165) is 4.57 Å². The number of aliphatic hydroxyl groups excluding tert-OH is 5. The Bertz CT molecular complexity index is 777. The van der Waals surface area contributed by atoms with Gasteiger partial charge in [-0.3, -0.25) is 14.3 Å². The van der Waals surface area contributed by atoms with Crippen molar-refractivity contribution < 1.29 is 35.0 Å². The molecule has 0 saturated carbocycles. The first kappa shape index (κ1) is 19.2. The molecule has 0 amide bonds. The van der Waals surface area contributed by atoms with E-state index in [4.69, 9.17) is 9.47 Å². The lowest BCUT2D eigenvalue weighted by atomic mass is 9.89. The number of H-pyrrole nitrogens is 1. The van der Waals surface area contributed by atoms with Crippen LogP contribution in [0.15, 0.2) is 15.8 Å². The maximum Gasteiger partial charge on any atom is 0.330 e. The van der Waals surface area contributed by atoms with E-state index in [1.807, 2.05) is 0 Å².